The summed E-state index contributed by atoms with van der Waals surface area (Å²) >= 11 is 3.36. The molecule has 6 heteroatoms. The van der Waals surface area contributed by atoms with Gasteiger partial charge in [-0.1, -0.05) is 34.1 Å². The number of hydrogen-bond acceptors (Lipinski definition) is 4. The van der Waals surface area contributed by atoms with Crippen molar-refractivity contribution < 1.29 is 14.0 Å². The van der Waals surface area contributed by atoms with Crippen LogP contribution in [0.2, 0.25) is 0 Å². The van der Waals surface area contributed by atoms with Gasteiger partial charge in [-0.3, -0.25) is 14.5 Å². The quantitative estimate of drug-likeness (QED) is 0.556. The number of halogens is 1. The lowest BCUT2D eigenvalue weighted by molar-refractivity contribution is 0.0929. The predicted octanol–water partition coefficient (Wildman–Crippen LogP) is 4.31. The Morgan fingerprint density at radius 2 is 1.68 bits per heavy atom. The van der Waals surface area contributed by atoms with E-state index in [0.29, 0.717) is 23.2 Å². The molecule has 0 spiro atoms. The molecule has 28 heavy (non-hydrogen) atoms. The van der Waals surface area contributed by atoms with Gasteiger partial charge in [0.15, 0.2) is 5.78 Å². The fraction of sp³-hybridized carbons (Fsp3) is 0.182. The minimum atomic E-state index is -0.292. The van der Waals surface area contributed by atoms with Gasteiger partial charge in [-0.25, -0.2) is 0 Å². The van der Waals surface area contributed by atoms with Gasteiger partial charge >= 0.3 is 0 Å². The zero-order valence-corrected chi connectivity index (χ0v) is 17.3. The third-order valence-electron chi connectivity index (χ3n) is 4.47. The van der Waals surface area contributed by atoms with Crippen LogP contribution in [0.4, 0.5) is 0 Å². The minimum Gasteiger partial charge on any atom is -0.468 e. The summed E-state index contributed by atoms with van der Waals surface area (Å²) in [6.45, 7) is 0.361. The lowest BCUT2D eigenvalue weighted by Gasteiger charge is -2.22. The van der Waals surface area contributed by atoms with Crippen molar-refractivity contribution in [3.05, 3.63) is 93.9 Å². The normalized spacial score (nSPS) is 12.0. The maximum atomic E-state index is 12.9. The van der Waals surface area contributed by atoms with Gasteiger partial charge in [-0.2, -0.15) is 0 Å². The van der Waals surface area contributed by atoms with Gasteiger partial charge in [-0.15, -0.1) is 0 Å². The van der Waals surface area contributed by atoms with Crippen LogP contribution in [0.5, 0.6) is 0 Å². The standard InChI is InChI=1S/C22H21BrN2O3/c1-25(2)19(20-8-5-13-28-20)14-24-22(27)18-7-4-3-6-17(18)21(26)15-9-11-16(23)12-10-15/h3-13,19H,14H2,1-2H3,(H,24,27). The number of nitrogens with zero attached hydrogens (tertiary/aromatic N) is 1. The number of amides is 1. The Kier molecular flexibility index (Phi) is 6.44. The Labute approximate surface area is 172 Å². The molecule has 3 aromatic rings. The molecule has 0 radical (unpaired) electrons. The molecule has 5 nitrogen and oxygen atoms in total. The Bertz CT molecular complexity index is 950. The Balaban J connectivity index is 1.79. The second kappa shape index (κ2) is 8.99. The molecule has 0 saturated heterocycles. The highest BCUT2D eigenvalue weighted by Gasteiger charge is 2.21. The van der Waals surface area contributed by atoms with Crippen LogP contribution in [-0.2, 0) is 0 Å². The van der Waals surface area contributed by atoms with Crippen molar-refractivity contribution in [2.45, 2.75) is 6.04 Å². The summed E-state index contributed by atoms with van der Waals surface area (Å²) < 4.78 is 6.36. The first-order valence-electron chi connectivity index (χ1n) is 8.84. The smallest absolute Gasteiger partial charge is 0.252 e. The van der Waals surface area contributed by atoms with Crippen LogP contribution in [0.3, 0.4) is 0 Å². The van der Waals surface area contributed by atoms with Crippen LogP contribution in [0, 0.1) is 0 Å². The molecular formula is C22H21BrN2O3. The molecule has 0 aliphatic heterocycles. The summed E-state index contributed by atoms with van der Waals surface area (Å²) in [5, 5.41) is 2.92. The monoisotopic (exact) mass is 440 g/mol. The molecular weight excluding hydrogens is 420 g/mol. The predicted molar refractivity (Wildman–Crippen MR) is 111 cm³/mol. The first-order chi connectivity index (χ1) is 13.5. The molecule has 1 unspecified atom stereocenters. The maximum absolute atomic E-state index is 12.9. The van der Waals surface area contributed by atoms with Crippen molar-refractivity contribution in [2.24, 2.45) is 0 Å². The zero-order chi connectivity index (χ0) is 20.1. The van der Waals surface area contributed by atoms with Crippen LogP contribution in [-0.4, -0.2) is 37.2 Å². The Morgan fingerprint density at radius 3 is 2.29 bits per heavy atom. The maximum Gasteiger partial charge on any atom is 0.252 e. The van der Waals surface area contributed by atoms with Crippen LogP contribution >= 0.6 is 15.9 Å². The van der Waals surface area contributed by atoms with Crippen molar-refractivity contribution in [3.63, 3.8) is 0 Å². The highest BCUT2D eigenvalue weighted by atomic mass is 79.9. The second-order valence-electron chi connectivity index (χ2n) is 6.59. The number of carbonyl (C=O) groups excluding carboxylic acids is 2. The zero-order valence-electron chi connectivity index (χ0n) is 15.7. The second-order valence-corrected chi connectivity index (χ2v) is 7.50. The molecule has 2 aromatic carbocycles. The molecule has 1 amide bonds. The van der Waals surface area contributed by atoms with Gasteiger partial charge in [0.2, 0.25) is 0 Å². The molecule has 144 valence electrons. The molecule has 1 atom stereocenters. The molecule has 0 aliphatic carbocycles. The van der Waals surface area contributed by atoms with Crippen LogP contribution in [0.15, 0.2) is 75.8 Å². The van der Waals surface area contributed by atoms with Gasteiger partial charge in [0.1, 0.15) is 5.76 Å². The Morgan fingerprint density at radius 1 is 1.00 bits per heavy atom. The third-order valence-corrected chi connectivity index (χ3v) is 5.00. The molecule has 1 heterocycles. The van der Waals surface area contributed by atoms with Crippen LogP contribution in [0.25, 0.3) is 0 Å². The molecule has 1 N–H and O–H groups in total. The van der Waals surface area contributed by atoms with E-state index in [1.807, 2.05) is 31.1 Å². The summed E-state index contributed by atoms with van der Waals surface area (Å²) in [5.74, 6) is 0.289. The number of carbonyl (C=O) groups is 2. The van der Waals surface area contributed by atoms with Gasteiger partial charge in [0.25, 0.3) is 5.91 Å². The number of ketones is 1. The number of furan rings is 1. The fourth-order valence-electron chi connectivity index (χ4n) is 2.94. The number of benzene rings is 2. The van der Waals surface area contributed by atoms with E-state index in [1.54, 1.807) is 54.8 Å². The number of hydrogen-bond donors (Lipinski definition) is 1. The van der Waals surface area contributed by atoms with E-state index in [4.69, 9.17) is 4.42 Å². The van der Waals surface area contributed by atoms with E-state index in [-0.39, 0.29) is 17.7 Å². The molecule has 0 fully saturated rings. The largest absolute Gasteiger partial charge is 0.468 e. The van der Waals surface area contributed by atoms with Gasteiger partial charge in [0, 0.05) is 22.1 Å². The summed E-state index contributed by atoms with van der Waals surface area (Å²) in [6.07, 6.45) is 1.61. The van der Waals surface area contributed by atoms with E-state index in [1.165, 1.54) is 0 Å². The van der Waals surface area contributed by atoms with E-state index >= 15 is 0 Å². The summed E-state index contributed by atoms with van der Waals surface area (Å²) in [6, 6.07) is 17.5. The van der Waals surface area contributed by atoms with Gasteiger partial charge in [0.05, 0.1) is 17.9 Å². The van der Waals surface area contributed by atoms with Crippen molar-refractivity contribution in [3.8, 4) is 0 Å². The SMILES string of the molecule is CN(C)C(CNC(=O)c1ccccc1C(=O)c1ccc(Br)cc1)c1ccco1. The van der Waals surface area contributed by atoms with Crippen molar-refractivity contribution in [2.75, 3.05) is 20.6 Å². The van der Waals surface area contributed by atoms with Gasteiger partial charge in [-0.05, 0) is 56.6 Å². The van der Waals surface area contributed by atoms with Crippen LogP contribution in [0.1, 0.15) is 38.1 Å². The van der Waals surface area contributed by atoms with E-state index in [9.17, 15) is 9.59 Å². The fourth-order valence-corrected chi connectivity index (χ4v) is 3.20. The van der Waals surface area contributed by atoms with Crippen molar-refractivity contribution in [1.29, 1.82) is 0 Å². The minimum absolute atomic E-state index is 0.103. The number of rotatable bonds is 7. The molecule has 0 saturated carbocycles. The lowest BCUT2D eigenvalue weighted by Crippen LogP contribution is -2.35. The van der Waals surface area contributed by atoms with E-state index in [0.717, 1.165) is 10.2 Å². The first-order valence-corrected chi connectivity index (χ1v) is 9.64. The summed E-state index contributed by atoms with van der Waals surface area (Å²) in [7, 11) is 3.84. The summed E-state index contributed by atoms with van der Waals surface area (Å²) in [5.41, 5.74) is 1.26. The number of likely N-dealkylation sites (N-methyl/N-ethyl adjacent to an activating group) is 1. The number of nitrogens with one attached hydrogen (secondary N) is 1. The van der Waals surface area contributed by atoms with E-state index in [2.05, 4.69) is 21.2 Å². The van der Waals surface area contributed by atoms with Crippen molar-refractivity contribution >= 4 is 27.6 Å². The van der Waals surface area contributed by atoms with E-state index < -0.39 is 0 Å². The molecule has 0 bridgehead atoms. The van der Waals surface area contributed by atoms with Gasteiger partial charge < -0.3 is 9.73 Å². The lowest BCUT2D eigenvalue weighted by atomic mass is 9.98. The molecule has 3 rings (SSSR count). The topological polar surface area (TPSA) is 62.6 Å². The average Bonchev–Trinajstić information content (AvgIpc) is 3.22. The van der Waals surface area contributed by atoms with Crippen LogP contribution < -0.4 is 5.32 Å². The first kappa shape index (κ1) is 20.0. The summed E-state index contributed by atoms with van der Waals surface area (Å²) in [4.78, 5) is 27.7. The molecule has 0 aliphatic rings. The van der Waals surface area contributed by atoms with Crippen molar-refractivity contribution in [1.82, 2.24) is 10.2 Å². The third kappa shape index (κ3) is 4.58. The highest BCUT2D eigenvalue weighted by Crippen LogP contribution is 2.20. The Hall–Kier alpha value is -2.70. The highest BCUT2D eigenvalue weighted by molar-refractivity contribution is 9.10. The average molecular weight is 441 g/mol. The molecule has 1 aromatic heterocycles.